The molecule has 12 heteroatoms. The number of nitrogens with zero attached hydrogens (tertiary/aromatic N) is 2. The van der Waals surface area contributed by atoms with Crippen molar-refractivity contribution in [3.05, 3.63) is 95.8 Å². The largest absolute Gasteiger partial charge is 0.397 e. The molecule has 1 saturated heterocycles. The Morgan fingerprint density at radius 3 is 2.26 bits per heavy atom. The molecule has 46 heavy (non-hydrogen) atoms. The van der Waals surface area contributed by atoms with Crippen molar-refractivity contribution in [3.8, 4) is 0 Å². The fourth-order valence-electron chi connectivity index (χ4n) is 5.15. The first-order valence-electron chi connectivity index (χ1n) is 15.5. The van der Waals surface area contributed by atoms with E-state index in [2.05, 4.69) is 25.8 Å². The van der Waals surface area contributed by atoms with E-state index in [0.717, 1.165) is 47.5 Å². The average Bonchev–Trinajstić information content (AvgIpc) is 3.61. The molecule has 1 fully saturated rings. The van der Waals surface area contributed by atoms with Crippen LogP contribution in [0.15, 0.2) is 84.3 Å². The van der Waals surface area contributed by atoms with E-state index in [9.17, 15) is 14.7 Å². The number of unbranched alkanes of at least 4 members (excludes halogenated alkanes) is 3. The summed E-state index contributed by atoms with van der Waals surface area (Å²) in [5.74, 6) is 0.562. The Labute approximate surface area is 272 Å². The number of carbonyl (C=O) groups excluding carboxylic acids is 2. The molecule has 5 rings (SSSR count). The zero-order valence-electron chi connectivity index (χ0n) is 25.6. The summed E-state index contributed by atoms with van der Waals surface area (Å²) in [7, 11) is 0. The second-order valence-electron chi connectivity index (χ2n) is 11.2. The number of aliphatic hydroxyl groups is 1. The van der Waals surface area contributed by atoms with E-state index < -0.39 is 6.29 Å². The van der Waals surface area contributed by atoms with Gasteiger partial charge in [0.2, 0.25) is 11.8 Å². The number of nitrogen functional groups attached to an aromatic ring is 1. The van der Waals surface area contributed by atoms with Crippen LogP contribution in [0.25, 0.3) is 0 Å². The van der Waals surface area contributed by atoms with Gasteiger partial charge in [0.25, 0.3) is 0 Å². The molecule has 3 atom stereocenters. The number of aliphatic hydroxyl groups excluding tert-OH is 1. The zero-order valence-corrected chi connectivity index (χ0v) is 26.4. The van der Waals surface area contributed by atoms with E-state index in [4.69, 9.17) is 15.2 Å². The van der Waals surface area contributed by atoms with Gasteiger partial charge in [0, 0.05) is 36.3 Å². The number of para-hydroxylation sites is 2. The summed E-state index contributed by atoms with van der Waals surface area (Å²) >= 11 is 1.54. The van der Waals surface area contributed by atoms with E-state index >= 15 is 0 Å². The van der Waals surface area contributed by atoms with E-state index in [1.807, 2.05) is 60.7 Å². The molecular formula is C34H40N6O5S. The lowest BCUT2D eigenvalue weighted by Gasteiger charge is -2.36. The standard InChI is InChI=1S/C34H40N6O5S/c35-28-7-5-6-8-29(28)39-32(43)10-4-2-1-3-9-31(42)38-26-17-15-25(16-18-26)33-44-27(21-46-34-36-22-37-40-34)19-30(45-33)24-13-11-23(20-41)12-14-24/h5-8,11-18,22,27,30,33,41H,1-4,9-10,19-21,35H2,(H,38,42)(H,39,43)(H,36,37,40)/t27-,30+,33+/m1/s1. The average molecular weight is 645 g/mol. The van der Waals surface area contributed by atoms with Crippen LogP contribution in [-0.4, -0.2) is 44.0 Å². The molecule has 2 heterocycles. The number of benzene rings is 3. The zero-order chi connectivity index (χ0) is 32.1. The minimum absolute atomic E-state index is 0.0108. The number of nitrogens with two attached hydrogens (primary N) is 1. The summed E-state index contributed by atoms with van der Waals surface area (Å²) in [4.78, 5) is 28.9. The number of ether oxygens (including phenoxy) is 2. The van der Waals surface area contributed by atoms with Crippen LogP contribution in [0.5, 0.6) is 0 Å². The summed E-state index contributed by atoms with van der Waals surface area (Å²) in [5, 5.41) is 22.8. The summed E-state index contributed by atoms with van der Waals surface area (Å²) in [6.45, 7) is -0.0108. The van der Waals surface area contributed by atoms with Crippen LogP contribution in [0.1, 0.15) is 74.0 Å². The maximum absolute atomic E-state index is 12.6. The normalized spacial score (nSPS) is 17.8. The molecule has 0 radical (unpaired) electrons. The number of hydrogen-bond acceptors (Lipinski definition) is 9. The molecule has 11 nitrogen and oxygen atoms in total. The van der Waals surface area contributed by atoms with Crippen molar-refractivity contribution >= 4 is 40.6 Å². The molecular weight excluding hydrogens is 604 g/mol. The molecule has 1 aromatic heterocycles. The number of aromatic amines is 1. The predicted molar refractivity (Wildman–Crippen MR) is 178 cm³/mol. The lowest BCUT2D eigenvalue weighted by molar-refractivity contribution is -0.245. The van der Waals surface area contributed by atoms with Crippen molar-refractivity contribution in [1.29, 1.82) is 0 Å². The number of hydrogen-bond donors (Lipinski definition) is 5. The van der Waals surface area contributed by atoms with E-state index in [0.29, 0.717) is 42.1 Å². The van der Waals surface area contributed by atoms with Crippen molar-refractivity contribution < 1.29 is 24.2 Å². The fourth-order valence-corrected chi connectivity index (χ4v) is 5.95. The van der Waals surface area contributed by atoms with E-state index in [-0.39, 0.29) is 30.6 Å². The van der Waals surface area contributed by atoms with Gasteiger partial charge in [0.15, 0.2) is 11.4 Å². The summed E-state index contributed by atoms with van der Waals surface area (Å²) in [6, 6.07) is 22.5. The van der Waals surface area contributed by atoms with Gasteiger partial charge in [-0.2, -0.15) is 5.10 Å². The molecule has 3 aromatic carbocycles. The minimum atomic E-state index is -0.589. The van der Waals surface area contributed by atoms with Gasteiger partial charge in [-0.15, -0.1) is 0 Å². The first-order valence-corrected chi connectivity index (χ1v) is 16.5. The third-order valence-electron chi connectivity index (χ3n) is 7.67. The maximum atomic E-state index is 12.6. The topological polar surface area (TPSA) is 164 Å². The van der Waals surface area contributed by atoms with E-state index in [1.165, 1.54) is 6.33 Å². The summed E-state index contributed by atoms with van der Waals surface area (Å²) < 4.78 is 12.8. The second kappa shape index (κ2) is 16.9. The highest BCUT2D eigenvalue weighted by Gasteiger charge is 2.32. The van der Waals surface area contributed by atoms with Crippen LogP contribution in [-0.2, 0) is 25.7 Å². The van der Waals surface area contributed by atoms with Crippen LogP contribution in [0.4, 0.5) is 17.1 Å². The Morgan fingerprint density at radius 2 is 1.59 bits per heavy atom. The monoisotopic (exact) mass is 644 g/mol. The van der Waals surface area contributed by atoms with Gasteiger partial charge in [0.05, 0.1) is 30.2 Å². The number of anilines is 3. The molecule has 1 aliphatic rings. The first kappa shape index (κ1) is 33.1. The van der Waals surface area contributed by atoms with Crippen LogP contribution < -0.4 is 16.4 Å². The number of carbonyl (C=O) groups is 2. The minimum Gasteiger partial charge on any atom is -0.397 e. The Bertz CT molecular complexity index is 1530. The summed E-state index contributed by atoms with van der Waals surface area (Å²) in [6.07, 6.45) is 5.31. The van der Waals surface area contributed by atoms with E-state index in [1.54, 1.807) is 23.9 Å². The van der Waals surface area contributed by atoms with Crippen molar-refractivity contribution in [2.75, 3.05) is 22.1 Å². The van der Waals surface area contributed by atoms with Crippen molar-refractivity contribution in [1.82, 2.24) is 15.2 Å². The number of aromatic nitrogens is 3. The molecule has 6 N–H and O–H groups in total. The van der Waals surface area contributed by atoms with Gasteiger partial charge in [-0.3, -0.25) is 14.7 Å². The van der Waals surface area contributed by atoms with Gasteiger partial charge >= 0.3 is 0 Å². The highest BCUT2D eigenvalue weighted by Crippen LogP contribution is 2.39. The van der Waals surface area contributed by atoms with Gasteiger partial charge in [-0.1, -0.05) is 73.1 Å². The third kappa shape index (κ3) is 9.88. The second-order valence-corrected chi connectivity index (χ2v) is 12.2. The quantitative estimate of drug-likeness (QED) is 0.0581. The number of nitrogens with one attached hydrogen (secondary N) is 3. The molecule has 4 aromatic rings. The van der Waals surface area contributed by atoms with Crippen molar-refractivity contribution in [2.24, 2.45) is 0 Å². The number of rotatable bonds is 15. The number of H-pyrrole nitrogens is 1. The lowest BCUT2D eigenvalue weighted by atomic mass is 10.0. The van der Waals surface area contributed by atoms with Crippen molar-refractivity contribution in [3.63, 3.8) is 0 Å². The van der Waals surface area contributed by atoms with Crippen LogP contribution in [0.2, 0.25) is 0 Å². The van der Waals surface area contributed by atoms with Gasteiger partial charge in [0.1, 0.15) is 6.33 Å². The molecule has 1 aliphatic heterocycles. The highest BCUT2D eigenvalue weighted by atomic mass is 32.2. The Hall–Kier alpha value is -4.23. The smallest absolute Gasteiger partial charge is 0.224 e. The molecule has 242 valence electrons. The van der Waals surface area contributed by atoms with Crippen LogP contribution >= 0.6 is 11.8 Å². The predicted octanol–water partition coefficient (Wildman–Crippen LogP) is 6.13. The first-order chi connectivity index (χ1) is 22.5. The molecule has 0 spiro atoms. The molecule has 0 unspecified atom stereocenters. The molecule has 0 saturated carbocycles. The van der Waals surface area contributed by atoms with Crippen LogP contribution in [0, 0.1) is 0 Å². The molecule has 0 bridgehead atoms. The van der Waals surface area contributed by atoms with Gasteiger partial charge in [-0.25, -0.2) is 4.98 Å². The van der Waals surface area contributed by atoms with Crippen LogP contribution in [0.3, 0.4) is 0 Å². The van der Waals surface area contributed by atoms with Gasteiger partial charge < -0.3 is 30.9 Å². The molecule has 2 amide bonds. The highest BCUT2D eigenvalue weighted by molar-refractivity contribution is 7.99. The third-order valence-corrected chi connectivity index (χ3v) is 8.68. The fraction of sp³-hybridized carbons (Fsp3) is 0.353. The molecule has 0 aliphatic carbocycles. The Morgan fingerprint density at radius 1 is 0.891 bits per heavy atom. The maximum Gasteiger partial charge on any atom is 0.224 e. The lowest BCUT2D eigenvalue weighted by Crippen LogP contribution is -2.31. The number of amides is 2. The number of thioether (sulfide) groups is 1. The van der Waals surface area contributed by atoms with Crippen molar-refractivity contribution in [2.45, 2.75) is 75.2 Å². The Balaban J connectivity index is 1.07. The Kier molecular flexibility index (Phi) is 12.2. The summed E-state index contributed by atoms with van der Waals surface area (Å²) in [5.41, 5.74) is 10.5. The van der Waals surface area contributed by atoms with Gasteiger partial charge in [-0.05, 0) is 48.2 Å². The SMILES string of the molecule is Nc1ccccc1NC(=O)CCCCCCC(=O)Nc1ccc([C@H]2O[C@@H](CSc3ncn[nH]3)C[C@@H](c3ccc(CO)cc3)O2)cc1.